The second-order valence-corrected chi connectivity index (χ2v) is 2.69. The summed E-state index contributed by atoms with van der Waals surface area (Å²) in [6.07, 6.45) is 0. The summed E-state index contributed by atoms with van der Waals surface area (Å²) in [5, 5.41) is 11.4. The van der Waals surface area contributed by atoms with E-state index in [4.69, 9.17) is 5.21 Å². The number of carbonyl (C=O) groups is 1. The van der Waals surface area contributed by atoms with Gasteiger partial charge in [-0.05, 0) is 18.6 Å². The first kappa shape index (κ1) is 9.54. The van der Waals surface area contributed by atoms with Gasteiger partial charge in [-0.15, -0.1) is 0 Å². The van der Waals surface area contributed by atoms with Gasteiger partial charge in [-0.3, -0.25) is 10.0 Å². The maximum atomic E-state index is 11.1. The molecule has 0 spiro atoms. The van der Waals surface area contributed by atoms with Crippen LogP contribution in [-0.2, 0) is 0 Å². The molecule has 0 heterocycles. The van der Waals surface area contributed by atoms with Gasteiger partial charge in [0.2, 0.25) is 0 Å². The normalized spacial score (nSPS) is 9.46. The lowest BCUT2D eigenvalue weighted by molar-refractivity contribution is 0.0707. The molecule has 0 radical (unpaired) electrons. The maximum absolute atomic E-state index is 11.1. The van der Waals surface area contributed by atoms with E-state index < -0.39 is 5.91 Å². The number of benzene rings is 1. The van der Waals surface area contributed by atoms with Crippen LogP contribution in [0.25, 0.3) is 0 Å². The van der Waals surface area contributed by atoms with Crippen molar-refractivity contribution in [3.05, 3.63) is 29.3 Å². The van der Waals surface area contributed by atoms with Crippen molar-refractivity contribution in [2.24, 2.45) is 0 Å². The molecular weight excluding hydrogens is 168 g/mol. The largest absolute Gasteiger partial charge is 0.387 e. The SMILES string of the molecule is CNc1c(C)cccc1C(=O)NO. The van der Waals surface area contributed by atoms with E-state index in [1.54, 1.807) is 24.7 Å². The molecule has 1 aromatic carbocycles. The second kappa shape index (κ2) is 3.91. The minimum atomic E-state index is -0.506. The third-order valence-electron chi connectivity index (χ3n) is 1.87. The molecule has 70 valence electrons. The first-order chi connectivity index (χ1) is 6.20. The summed E-state index contributed by atoms with van der Waals surface area (Å²) in [7, 11) is 1.73. The van der Waals surface area contributed by atoms with Crippen LogP contribution in [0.15, 0.2) is 18.2 Å². The van der Waals surface area contributed by atoms with Gasteiger partial charge in [-0.1, -0.05) is 12.1 Å². The molecule has 0 saturated heterocycles. The van der Waals surface area contributed by atoms with Crippen LogP contribution in [0, 0.1) is 6.92 Å². The van der Waals surface area contributed by atoms with Crippen molar-refractivity contribution in [3.8, 4) is 0 Å². The van der Waals surface area contributed by atoms with Crippen LogP contribution in [0.4, 0.5) is 5.69 Å². The predicted molar refractivity (Wildman–Crippen MR) is 50.0 cm³/mol. The number of carbonyl (C=O) groups excluding carboxylic acids is 1. The number of hydrogen-bond acceptors (Lipinski definition) is 3. The number of aryl methyl sites for hydroxylation is 1. The smallest absolute Gasteiger partial charge is 0.276 e. The summed E-state index contributed by atoms with van der Waals surface area (Å²) in [6, 6.07) is 5.30. The van der Waals surface area contributed by atoms with Gasteiger partial charge in [-0.25, -0.2) is 5.48 Å². The van der Waals surface area contributed by atoms with Crippen molar-refractivity contribution in [2.75, 3.05) is 12.4 Å². The van der Waals surface area contributed by atoms with Crippen molar-refractivity contribution in [2.45, 2.75) is 6.92 Å². The highest BCUT2D eigenvalue weighted by atomic mass is 16.5. The molecular formula is C9H12N2O2. The van der Waals surface area contributed by atoms with Crippen LogP contribution in [0.3, 0.4) is 0 Å². The van der Waals surface area contributed by atoms with Crippen molar-refractivity contribution < 1.29 is 10.0 Å². The molecule has 0 atom stereocenters. The molecule has 1 aromatic rings. The Bertz CT molecular complexity index is 323. The van der Waals surface area contributed by atoms with Gasteiger partial charge in [0.1, 0.15) is 0 Å². The van der Waals surface area contributed by atoms with Gasteiger partial charge < -0.3 is 5.32 Å². The molecule has 0 fully saturated rings. The first-order valence-electron chi connectivity index (χ1n) is 3.92. The highest BCUT2D eigenvalue weighted by molar-refractivity contribution is 5.99. The minimum absolute atomic E-state index is 0.435. The molecule has 0 aliphatic rings. The van der Waals surface area contributed by atoms with Crippen LogP contribution >= 0.6 is 0 Å². The number of rotatable bonds is 2. The number of nitrogens with one attached hydrogen (secondary N) is 2. The fourth-order valence-corrected chi connectivity index (χ4v) is 1.25. The van der Waals surface area contributed by atoms with E-state index in [1.165, 1.54) is 0 Å². The van der Waals surface area contributed by atoms with E-state index in [2.05, 4.69) is 5.32 Å². The second-order valence-electron chi connectivity index (χ2n) is 2.69. The Labute approximate surface area is 76.5 Å². The van der Waals surface area contributed by atoms with Gasteiger partial charge in [-0.2, -0.15) is 0 Å². The average molecular weight is 180 g/mol. The fraction of sp³-hybridized carbons (Fsp3) is 0.222. The van der Waals surface area contributed by atoms with Crippen LogP contribution in [0.2, 0.25) is 0 Å². The minimum Gasteiger partial charge on any atom is -0.387 e. The maximum Gasteiger partial charge on any atom is 0.276 e. The lowest BCUT2D eigenvalue weighted by Gasteiger charge is -2.09. The van der Waals surface area contributed by atoms with Gasteiger partial charge in [0, 0.05) is 12.7 Å². The molecule has 3 N–H and O–H groups in total. The van der Waals surface area contributed by atoms with Crippen LogP contribution in [0.5, 0.6) is 0 Å². The lowest BCUT2D eigenvalue weighted by atomic mass is 10.1. The topological polar surface area (TPSA) is 61.4 Å². The standard InChI is InChI=1S/C9H12N2O2/c1-6-4-3-5-7(8(6)10-2)9(12)11-13/h3-5,10,13H,1-2H3,(H,11,12). The van der Waals surface area contributed by atoms with Crippen molar-refractivity contribution in [3.63, 3.8) is 0 Å². The molecule has 4 nitrogen and oxygen atoms in total. The van der Waals surface area contributed by atoms with Crippen LogP contribution in [-0.4, -0.2) is 18.2 Å². The first-order valence-corrected chi connectivity index (χ1v) is 3.92. The fourth-order valence-electron chi connectivity index (χ4n) is 1.25. The molecule has 0 unspecified atom stereocenters. The Balaban J connectivity index is 3.20. The summed E-state index contributed by atoms with van der Waals surface area (Å²) >= 11 is 0. The zero-order valence-electron chi connectivity index (χ0n) is 7.59. The van der Waals surface area contributed by atoms with Crippen molar-refractivity contribution >= 4 is 11.6 Å². The Hall–Kier alpha value is -1.55. The van der Waals surface area contributed by atoms with E-state index in [0.29, 0.717) is 5.56 Å². The van der Waals surface area contributed by atoms with Gasteiger partial charge in [0.15, 0.2) is 0 Å². The molecule has 0 bridgehead atoms. The number of amides is 1. The Morgan fingerprint density at radius 1 is 1.46 bits per heavy atom. The Kier molecular flexibility index (Phi) is 2.87. The molecule has 0 aliphatic carbocycles. The van der Waals surface area contributed by atoms with E-state index in [-0.39, 0.29) is 0 Å². The molecule has 0 aliphatic heterocycles. The monoisotopic (exact) mass is 180 g/mol. The van der Waals surface area contributed by atoms with Gasteiger partial charge >= 0.3 is 0 Å². The Morgan fingerprint density at radius 2 is 2.15 bits per heavy atom. The van der Waals surface area contributed by atoms with E-state index in [1.807, 2.05) is 13.0 Å². The molecule has 1 amide bonds. The summed E-state index contributed by atoms with van der Waals surface area (Å²) in [6.45, 7) is 1.89. The molecule has 1 rings (SSSR count). The van der Waals surface area contributed by atoms with E-state index in [9.17, 15) is 4.79 Å². The van der Waals surface area contributed by atoms with Gasteiger partial charge in [0.25, 0.3) is 5.91 Å². The van der Waals surface area contributed by atoms with Gasteiger partial charge in [0.05, 0.1) is 5.56 Å². The quantitative estimate of drug-likeness (QED) is 0.472. The highest BCUT2D eigenvalue weighted by Crippen LogP contribution is 2.19. The highest BCUT2D eigenvalue weighted by Gasteiger charge is 2.10. The molecule has 0 saturated carbocycles. The molecule has 4 heteroatoms. The number of hydroxylamine groups is 1. The zero-order valence-corrected chi connectivity index (χ0v) is 7.59. The van der Waals surface area contributed by atoms with Crippen LogP contribution in [0.1, 0.15) is 15.9 Å². The summed E-state index contributed by atoms with van der Waals surface area (Å²) in [5.41, 5.74) is 3.73. The molecule has 13 heavy (non-hydrogen) atoms. The number of anilines is 1. The average Bonchev–Trinajstić information content (AvgIpc) is 2.16. The van der Waals surface area contributed by atoms with E-state index >= 15 is 0 Å². The number of hydrogen-bond donors (Lipinski definition) is 3. The summed E-state index contributed by atoms with van der Waals surface area (Å²) in [4.78, 5) is 11.1. The third-order valence-corrected chi connectivity index (χ3v) is 1.87. The van der Waals surface area contributed by atoms with Crippen molar-refractivity contribution in [1.82, 2.24) is 5.48 Å². The zero-order chi connectivity index (χ0) is 9.84. The summed E-state index contributed by atoms with van der Waals surface area (Å²) < 4.78 is 0. The third kappa shape index (κ3) is 1.78. The number of para-hydroxylation sites is 1. The molecule has 0 aromatic heterocycles. The Morgan fingerprint density at radius 3 is 2.69 bits per heavy atom. The van der Waals surface area contributed by atoms with E-state index in [0.717, 1.165) is 11.3 Å². The summed E-state index contributed by atoms with van der Waals surface area (Å²) in [5.74, 6) is -0.506. The van der Waals surface area contributed by atoms with Crippen molar-refractivity contribution in [1.29, 1.82) is 0 Å². The lowest BCUT2D eigenvalue weighted by Crippen LogP contribution is -2.20. The van der Waals surface area contributed by atoms with Crippen LogP contribution < -0.4 is 10.8 Å². The predicted octanol–water partition coefficient (Wildman–Crippen LogP) is 1.16.